The summed E-state index contributed by atoms with van der Waals surface area (Å²) in [5, 5.41) is 3.76. The number of hydrogen-bond donors (Lipinski definition) is 1. The molecule has 0 aliphatic rings. The first-order valence-corrected chi connectivity index (χ1v) is 7.57. The quantitative estimate of drug-likeness (QED) is 0.829. The molecule has 0 bridgehead atoms. The van der Waals surface area contributed by atoms with Crippen molar-refractivity contribution in [2.45, 2.75) is 30.2 Å². The van der Waals surface area contributed by atoms with Crippen LogP contribution in [0.1, 0.15) is 18.9 Å². The standard InChI is InChI=1S/C16H18N2OS/c1-2-14(20-15-10-6-7-11-17-15)16(19)18-12-13-8-4-3-5-9-13/h3-11,14H,2,12H2,1H3,(H,18,19). The fourth-order valence-electron chi connectivity index (χ4n) is 1.78. The van der Waals surface area contributed by atoms with Gasteiger partial charge in [-0.15, -0.1) is 0 Å². The van der Waals surface area contributed by atoms with Crippen LogP contribution in [0, 0.1) is 0 Å². The third-order valence-corrected chi connectivity index (χ3v) is 4.19. The smallest absolute Gasteiger partial charge is 0.233 e. The number of nitrogens with one attached hydrogen (secondary N) is 1. The molecule has 2 rings (SSSR count). The molecule has 3 nitrogen and oxygen atoms in total. The van der Waals surface area contributed by atoms with Gasteiger partial charge in [0.05, 0.1) is 10.3 Å². The van der Waals surface area contributed by atoms with Crippen molar-refractivity contribution in [1.29, 1.82) is 0 Å². The molecule has 0 aliphatic carbocycles. The Morgan fingerprint density at radius 3 is 2.60 bits per heavy atom. The Kier molecular flexibility index (Phi) is 5.62. The maximum Gasteiger partial charge on any atom is 0.233 e. The summed E-state index contributed by atoms with van der Waals surface area (Å²) in [7, 11) is 0. The van der Waals surface area contributed by atoms with Crippen molar-refractivity contribution in [3.63, 3.8) is 0 Å². The van der Waals surface area contributed by atoms with Crippen LogP contribution >= 0.6 is 11.8 Å². The third kappa shape index (κ3) is 4.38. The van der Waals surface area contributed by atoms with E-state index < -0.39 is 0 Å². The van der Waals surface area contributed by atoms with E-state index in [0.29, 0.717) is 6.54 Å². The minimum absolute atomic E-state index is 0.0620. The maximum atomic E-state index is 12.2. The number of nitrogens with zero attached hydrogens (tertiary/aromatic N) is 1. The fraction of sp³-hybridized carbons (Fsp3) is 0.250. The Morgan fingerprint density at radius 1 is 1.20 bits per heavy atom. The molecule has 104 valence electrons. The molecule has 0 saturated heterocycles. The van der Waals surface area contributed by atoms with Crippen LogP contribution in [-0.2, 0) is 11.3 Å². The molecule has 1 aromatic carbocycles. The molecule has 0 radical (unpaired) electrons. The number of amides is 1. The molecule has 1 heterocycles. The summed E-state index contributed by atoms with van der Waals surface area (Å²) in [6, 6.07) is 15.7. The topological polar surface area (TPSA) is 42.0 Å². The molecule has 0 aliphatic heterocycles. The average Bonchev–Trinajstić information content (AvgIpc) is 2.52. The highest BCUT2D eigenvalue weighted by Crippen LogP contribution is 2.23. The predicted molar refractivity (Wildman–Crippen MR) is 82.5 cm³/mol. The summed E-state index contributed by atoms with van der Waals surface area (Å²) in [6.07, 6.45) is 2.53. The van der Waals surface area contributed by atoms with Crippen LogP contribution in [0.25, 0.3) is 0 Å². The van der Waals surface area contributed by atoms with E-state index in [9.17, 15) is 4.79 Å². The summed E-state index contributed by atoms with van der Waals surface area (Å²) in [5.41, 5.74) is 1.11. The number of carbonyl (C=O) groups is 1. The Balaban J connectivity index is 1.89. The molecular weight excluding hydrogens is 268 g/mol. The molecule has 1 N–H and O–H groups in total. The van der Waals surface area contributed by atoms with Crippen LogP contribution < -0.4 is 5.32 Å². The lowest BCUT2D eigenvalue weighted by Crippen LogP contribution is -2.31. The zero-order valence-electron chi connectivity index (χ0n) is 11.5. The SMILES string of the molecule is CCC(Sc1ccccn1)C(=O)NCc1ccccc1. The minimum Gasteiger partial charge on any atom is -0.351 e. The van der Waals surface area contributed by atoms with Gasteiger partial charge in [-0.1, -0.05) is 55.1 Å². The van der Waals surface area contributed by atoms with Gasteiger partial charge in [0, 0.05) is 12.7 Å². The van der Waals surface area contributed by atoms with Gasteiger partial charge in [0.1, 0.15) is 0 Å². The van der Waals surface area contributed by atoms with Gasteiger partial charge in [0.2, 0.25) is 5.91 Å². The number of aromatic nitrogens is 1. The van der Waals surface area contributed by atoms with Gasteiger partial charge in [0.25, 0.3) is 0 Å². The molecule has 2 aromatic rings. The highest BCUT2D eigenvalue weighted by molar-refractivity contribution is 8.00. The second-order valence-electron chi connectivity index (χ2n) is 4.39. The van der Waals surface area contributed by atoms with Gasteiger partial charge in [-0.3, -0.25) is 4.79 Å². The van der Waals surface area contributed by atoms with E-state index in [1.165, 1.54) is 11.8 Å². The lowest BCUT2D eigenvalue weighted by Gasteiger charge is -2.14. The third-order valence-electron chi connectivity index (χ3n) is 2.87. The van der Waals surface area contributed by atoms with Crippen LogP contribution in [-0.4, -0.2) is 16.1 Å². The van der Waals surface area contributed by atoms with Crippen molar-refractivity contribution < 1.29 is 4.79 Å². The number of benzene rings is 1. The van der Waals surface area contributed by atoms with E-state index >= 15 is 0 Å². The average molecular weight is 286 g/mol. The summed E-state index contributed by atoms with van der Waals surface area (Å²) in [4.78, 5) is 16.4. The lowest BCUT2D eigenvalue weighted by molar-refractivity contribution is -0.120. The molecule has 0 fully saturated rings. The molecule has 0 spiro atoms. The summed E-state index contributed by atoms with van der Waals surface area (Å²) in [6.45, 7) is 2.58. The van der Waals surface area contributed by atoms with Crippen LogP contribution in [0.3, 0.4) is 0 Å². The van der Waals surface area contributed by atoms with Crippen molar-refractivity contribution in [3.8, 4) is 0 Å². The summed E-state index contributed by atoms with van der Waals surface area (Å²) in [5.74, 6) is 0.0620. The van der Waals surface area contributed by atoms with Crippen molar-refractivity contribution >= 4 is 17.7 Å². The first-order valence-electron chi connectivity index (χ1n) is 6.69. The summed E-state index contributed by atoms with van der Waals surface area (Å²) < 4.78 is 0. The number of thioether (sulfide) groups is 1. The van der Waals surface area contributed by atoms with Crippen molar-refractivity contribution in [2.75, 3.05) is 0 Å². The Labute approximate surface area is 123 Å². The zero-order valence-corrected chi connectivity index (χ0v) is 12.3. The number of carbonyl (C=O) groups excluding carboxylic acids is 1. The van der Waals surface area contributed by atoms with Gasteiger partial charge < -0.3 is 5.32 Å². The van der Waals surface area contributed by atoms with Crippen molar-refractivity contribution in [1.82, 2.24) is 10.3 Å². The molecule has 1 amide bonds. The highest BCUT2D eigenvalue weighted by Gasteiger charge is 2.17. The van der Waals surface area contributed by atoms with Gasteiger partial charge in [0.15, 0.2) is 0 Å². The maximum absolute atomic E-state index is 12.2. The molecule has 1 atom stereocenters. The van der Waals surface area contributed by atoms with E-state index in [4.69, 9.17) is 0 Å². The van der Waals surface area contributed by atoms with E-state index in [2.05, 4.69) is 10.3 Å². The van der Waals surface area contributed by atoms with E-state index in [0.717, 1.165) is 17.0 Å². The number of rotatable bonds is 6. The normalized spacial score (nSPS) is 11.8. The van der Waals surface area contributed by atoms with Crippen LogP contribution in [0.15, 0.2) is 59.8 Å². The molecule has 1 unspecified atom stereocenters. The predicted octanol–water partition coefficient (Wildman–Crippen LogP) is 3.27. The highest BCUT2D eigenvalue weighted by atomic mass is 32.2. The van der Waals surface area contributed by atoms with Crippen LogP contribution in [0.4, 0.5) is 0 Å². The second-order valence-corrected chi connectivity index (χ2v) is 5.61. The Bertz CT molecular complexity index is 531. The molecular formula is C16H18N2OS. The monoisotopic (exact) mass is 286 g/mol. The second kappa shape index (κ2) is 7.70. The first kappa shape index (κ1) is 14.6. The lowest BCUT2D eigenvalue weighted by atomic mass is 10.2. The van der Waals surface area contributed by atoms with Crippen molar-refractivity contribution in [3.05, 3.63) is 60.3 Å². The van der Waals surface area contributed by atoms with Crippen LogP contribution in [0.5, 0.6) is 0 Å². The van der Waals surface area contributed by atoms with Gasteiger partial charge in [-0.2, -0.15) is 0 Å². The number of hydrogen-bond acceptors (Lipinski definition) is 3. The molecule has 1 aromatic heterocycles. The van der Waals surface area contributed by atoms with E-state index in [1.54, 1.807) is 6.20 Å². The van der Waals surface area contributed by atoms with Crippen molar-refractivity contribution in [2.24, 2.45) is 0 Å². The molecule has 4 heteroatoms. The zero-order chi connectivity index (χ0) is 14.2. The Morgan fingerprint density at radius 2 is 1.95 bits per heavy atom. The fourth-order valence-corrected chi connectivity index (χ4v) is 2.71. The van der Waals surface area contributed by atoms with Gasteiger partial charge in [-0.25, -0.2) is 4.98 Å². The molecule has 20 heavy (non-hydrogen) atoms. The van der Waals surface area contributed by atoms with Gasteiger partial charge >= 0.3 is 0 Å². The summed E-state index contributed by atoms with van der Waals surface area (Å²) >= 11 is 1.51. The first-order chi connectivity index (χ1) is 9.79. The van der Waals surface area contributed by atoms with Gasteiger partial charge in [-0.05, 0) is 24.1 Å². The minimum atomic E-state index is -0.103. The Hall–Kier alpha value is -1.81. The largest absolute Gasteiger partial charge is 0.351 e. The van der Waals surface area contributed by atoms with Crippen LogP contribution in [0.2, 0.25) is 0 Å². The molecule has 0 saturated carbocycles. The van der Waals surface area contributed by atoms with E-state index in [-0.39, 0.29) is 11.2 Å². The number of pyridine rings is 1. The van der Waals surface area contributed by atoms with E-state index in [1.807, 2.05) is 55.5 Å².